The number of rotatable bonds is 5. The summed E-state index contributed by atoms with van der Waals surface area (Å²) in [4.78, 5) is 25.5. The first-order chi connectivity index (χ1) is 10.5. The fourth-order valence-corrected chi connectivity index (χ4v) is 2.70. The van der Waals surface area contributed by atoms with Crippen molar-refractivity contribution in [1.29, 1.82) is 0 Å². The van der Waals surface area contributed by atoms with Gasteiger partial charge in [0.05, 0.1) is 6.42 Å². The van der Waals surface area contributed by atoms with Crippen LogP contribution in [0.4, 0.5) is 5.69 Å². The highest BCUT2D eigenvalue weighted by molar-refractivity contribution is 5.94. The molecule has 2 rings (SSSR count). The van der Waals surface area contributed by atoms with Gasteiger partial charge in [0, 0.05) is 31.9 Å². The summed E-state index contributed by atoms with van der Waals surface area (Å²) >= 11 is 0. The molecule has 1 heterocycles. The minimum absolute atomic E-state index is 0.0390. The predicted octanol–water partition coefficient (Wildman–Crippen LogP) is 0.990. The Labute approximate surface area is 130 Å². The molecule has 1 aromatic rings. The molecule has 0 saturated carbocycles. The number of benzene rings is 1. The second-order valence-electron chi connectivity index (χ2n) is 5.71. The van der Waals surface area contributed by atoms with Gasteiger partial charge in [0.2, 0.25) is 5.91 Å². The average molecular weight is 305 g/mol. The van der Waals surface area contributed by atoms with Crippen LogP contribution in [0.1, 0.15) is 17.5 Å². The maximum Gasteiger partial charge on any atom is 0.321 e. The maximum atomic E-state index is 12.2. The summed E-state index contributed by atoms with van der Waals surface area (Å²) in [6.07, 6.45) is -0.0390. The Morgan fingerprint density at radius 2 is 2.00 bits per heavy atom. The van der Waals surface area contributed by atoms with Gasteiger partial charge < -0.3 is 15.7 Å². The summed E-state index contributed by atoms with van der Waals surface area (Å²) in [5, 5.41) is 15.4. The van der Waals surface area contributed by atoms with Crippen molar-refractivity contribution in [3.05, 3.63) is 29.3 Å². The van der Waals surface area contributed by atoms with Gasteiger partial charge in [-0.1, -0.05) is 17.7 Å². The molecule has 1 fully saturated rings. The van der Waals surface area contributed by atoms with E-state index in [0.29, 0.717) is 13.1 Å². The Morgan fingerprint density at radius 3 is 2.59 bits per heavy atom. The van der Waals surface area contributed by atoms with Gasteiger partial charge in [-0.2, -0.15) is 0 Å². The summed E-state index contributed by atoms with van der Waals surface area (Å²) < 4.78 is 0. The molecule has 1 aliphatic rings. The number of amides is 1. The third-order valence-electron chi connectivity index (χ3n) is 3.91. The first-order valence-electron chi connectivity index (χ1n) is 7.52. The van der Waals surface area contributed by atoms with E-state index < -0.39 is 12.0 Å². The van der Waals surface area contributed by atoms with Crippen LogP contribution in [-0.4, -0.2) is 54.1 Å². The van der Waals surface area contributed by atoms with Crippen molar-refractivity contribution in [2.75, 3.05) is 31.5 Å². The van der Waals surface area contributed by atoms with Gasteiger partial charge in [-0.3, -0.25) is 14.5 Å². The minimum Gasteiger partial charge on any atom is -0.480 e. The Balaban J connectivity index is 2.00. The number of nitrogens with zero attached hydrogens (tertiary/aromatic N) is 1. The lowest BCUT2D eigenvalue weighted by Crippen LogP contribution is -2.52. The number of hydrogen-bond acceptors (Lipinski definition) is 4. The summed E-state index contributed by atoms with van der Waals surface area (Å²) in [5.41, 5.74) is 2.84. The summed E-state index contributed by atoms with van der Waals surface area (Å²) in [6, 6.07) is 4.99. The number of carboxylic acid groups (broad SMARTS) is 1. The molecule has 3 N–H and O–H groups in total. The smallest absolute Gasteiger partial charge is 0.321 e. The van der Waals surface area contributed by atoms with Crippen molar-refractivity contribution in [3.8, 4) is 0 Å². The number of nitrogens with one attached hydrogen (secondary N) is 2. The molecular formula is C16H23N3O3. The fraction of sp³-hybridized carbons (Fsp3) is 0.500. The van der Waals surface area contributed by atoms with Crippen LogP contribution in [0.5, 0.6) is 0 Å². The molecule has 120 valence electrons. The summed E-state index contributed by atoms with van der Waals surface area (Å²) in [7, 11) is 0. The van der Waals surface area contributed by atoms with Crippen LogP contribution in [0.3, 0.4) is 0 Å². The second kappa shape index (κ2) is 7.38. The molecule has 1 aliphatic heterocycles. The zero-order chi connectivity index (χ0) is 16.1. The molecule has 0 aliphatic carbocycles. The third-order valence-corrected chi connectivity index (χ3v) is 3.91. The van der Waals surface area contributed by atoms with E-state index in [1.807, 2.05) is 36.9 Å². The largest absolute Gasteiger partial charge is 0.480 e. The lowest BCUT2D eigenvalue weighted by Gasteiger charge is -2.32. The highest BCUT2D eigenvalue weighted by Crippen LogP contribution is 2.17. The molecule has 22 heavy (non-hydrogen) atoms. The first kappa shape index (κ1) is 16.5. The van der Waals surface area contributed by atoms with Gasteiger partial charge in [0.25, 0.3) is 0 Å². The molecule has 1 atom stereocenters. The lowest BCUT2D eigenvalue weighted by molar-refractivity contribution is -0.145. The average Bonchev–Trinajstić information content (AvgIpc) is 2.48. The van der Waals surface area contributed by atoms with Crippen LogP contribution in [0.2, 0.25) is 0 Å². The number of piperazine rings is 1. The Bertz CT molecular complexity index is 554. The zero-order valence-electron chi connectivity index (χ0n) is 13.1. The van der Waals surface area contributed by atoms with Crippen LogP contribution in [0, 0.1) is 13.8 Å². The molecular weight excluding hydrogens is 282 g/mol. The maximum absolute atomic E-state index is 12.2. The quantitative estimate of drug-likeness (QED) is 0.756. The number of carboxylic acids is 1. The summed E-state index contributed by atoms with van der Waals surface area (Å²) in [5.74, 6) is -1.21. The van der Waals surface area contributed by atoms with Crippen LogP contribution in [-0.2, 0) is 9.59 Å². The zero-order valence-corrected chi connectivity index (χ0v) is 13.1. The number of aliphatic carboxylic acids is 1. The topological polar surface area (TPSA) is 81.7 Å². The van der Waals surface area contributed by atoms with Crippen LogP contribution >= 0.6 is 0 Å². The standard InChI is InChI=1S/C16H23N3O3/c1-11-3-4-13(12(2)9-11)18-15(20)10-14(16(21)22)19-7-5-17-6-8-19/h3-4,9,14,17H,5-8,10H2,1-2H3,(H,18,20)(H,21,22). The van der Waals surface area contributed by atoms with Gasteiger partial charge in [-0.05, 0) is 25.5 Å². The van der Waals surface area contributed by atoms with Crippen LogP contribution < -0.4 is 10.6 Å². The van der Waals surface area contributed by atoms with E-state index in [1.54, 1.807) is 0 Å². The van der Waals surface area contributed by atoms with Gasteiger partial charge >= 0.3 is 5.97 Å². The number of carbonyl (C=O) groups excluding carboxylic acids is 1. The molecule has 1 aromatic carbocycles. The van der Waals surface area contributed by atoms with E-state index in [0.717, 1.165) is 29.9 Å². The normalized spacial score (nSPS) is 17.0. The molecule has 6 heteroatoms. The van der Waals surface area contributed by atoms with Crippen molar-refractivity contribution in [3.63, 3.8) is 0 Å². The Kier molecular flexibility index (Phi) is 5.51. The van der Waals surface area contributed by atoms with E-state index in [-0.39, 0.29) is 12.3 Å². The molecule has 0 aromatic heterocycles. The van der Waals surface area contributed by atoms with E-state index in [1.165, 1.54) is 0 Å². The van der Waals surface area contributed by atoms with E-state index in [2.05, 4.69) is 10.6 Å². The summed E-state index contributed by atoms with van der Waals surface area (Å²) in [6.45, 7) is 6.71. The second-order valence-corrected chi connectivity index (χ2v) is 5.71. The Morgan fingerprint density at radius 1 is 1.32 bits per heavy atom. The monoisotopic (exact) mass is 305 g/mol. The van der Waals surface area contributed by atoms with E-state index >= 15 is 0 Å². The van der Waals surface area contributed by atoms with Crippen molar-refractivity contribution in [2.24, 2.45) is 0 Å². The third kappa shape index (κ3) is 4.29. The highest BCUT2D eigenvalue weighted by Gasteiger charge is 2.29. The molecule has 1 amide bonds. The number of anilines is 1. The van der Waals surface area contributed by atoms with Gasteiger partial charge in [-0.15, -0.1) is 0 Å². The SMILES string of the molecule is Cc1ccc(NC(=O)CC(C(=O)O)N2CCNCC2)c(C)c1. The van der Waals surface area contributed by atoms with Gasteiger partial charge in [0.15, 0.2) is 0 Å². The highest BCUT2D eigenvalue weighted by atomic mass is 16.4. The predicted molar refractivity (Wildman–Crippen MR) is 85.0 cm³/mol. The van der Waals surface area contributed by atoms with E-state index in [9.17, 15) is 14.7 Å². The number of aryl methyl sites for hydroxylation is 2. The molecule has 6 nitrogen and oxygen atoms in total. The Hall–Kier alpha value is -1.92. The van der Waals surface area contributed by atoms with Crippen molar-refractivity contribution in [2.45, 2.75) is 26.3 Å². The molecule has 0 spiro atoms. The minimum atomic E-state index is -0.947. The van der Waals surface area contributed by atoms with Crippen LogP contribution in [0.15, 0.2) is 18.2 Å². The van der Waals surface area contributed by atoms with Crippen molar-refractivity contribution < 1.29 is 14.7 Å². The molecule has 1 saturated heterocycles. The first-order valence-corrected chi connectivity index (χ1v) is 7.52. The van der Waals surface area contributed by atoms with Crippen LogP contribution in [0.25, 0.3) is 0 Å². The van der Waals surface area contributed by atoms with Gasteiger partial charge in [-0.25, -0.2) is 0 Å². The van der Waals surface area contributed by atoms with Gasteiger partial charge in [0.1, 0.15) is 6.04 Å². The lowest BCUT2D eigenvalue weighted by atomic mass is 10.1. The fourth-order valence-electron chi connectivity index (χ4n) is 2.70. The van der Waals surface area contributed by atoms with E-state index in [4.69, 9.17) is 0 Å². The molecule has 1 unspecified atom stereocenters. The molecule has 0 bridgehead atoms. The molecule has 0 radical (unpaired) electrons. The number of hydrogen-bond donors (Lipinski definition) is 3. The number of carbonyl (C=O) groups is 2. The van der Waals surface area contributed by atoms with Crippen molar-refractivity contribution >= 4 is 17.6 Å². The van der Waals surface area contributed by atoms with Crippen molar-refractivity contribution in [1.82, 2.24) is 10.2 Å².